The number of hydrogen-bond acceptors (Lipinski definition) is 2. The van der Waals surface area contributed by atoms with Crippen LogP contribution in [0.15, 0.2) is 34.4 Å². The summed E-state index contributed by atoms with van der Waals surface area (Å²) in [6.07, 6.45) is 5.09. The van der Waals surface area contributed by atoms with Crippen LogP contribution in [-0.4, -0.2) is 11.8 Å². The smallest absolute Gasteiger partial charge is 0.261 e. The van der Waals surface area contributed by atoms with Gasteiger partial charge in [0.25, 0.3) is 11.8 Å². The van der Waals surface area contributed by atoms with Crippen LogP contribution in [0.1, 0.15) is 45.1 Å². The van der Waals surface area contributed by atoms with Crippen molar-refractivity contribution in [2.75, 3.05) is 4.90 Å². The molecule has 1 aliphatic heterocycles. The SMILES string of the molecule is CC(C)/C(Cl)=C/c1cc(N2C(=O)C3=C(CCCC3)C2=O)ccc1Cl. The first-order chi connectivity index (χ1) is 11.4. The average Bonchev–Trinajstić information content (AvgIpc) is 2.81. The van der Waals surface area contributed by atoms with Gasteiger partial charge in [-0.05, 0) is 61.4 Å². The van der Waals surface area contributed by atoms with Gasteiger partial charge in [-0.2, -0.15) is 0 Å². The number of nitrogens with zero attached hydrogens (tertiary/aromatic N) is 1. The van der Waals surface area contributed by atoms with Crippen LogP contribution >= 0.6 is 23.2 Å². The van der Waals surface area contributed by atoms with Crippen LogP contribution in [0, 0.1) is 5.92 Å². The van der Waals surface area contributed by atoms with Crippen molar-refractivity contribution in [3.05, 3.63) is 45.0 Å². The highest BCUT2D eigenvalue weighted by Crippen LogP contribution is 2.37. The van der Waals surface area contributed by atoms with Crippen LogP contribution in [-0.2, 0) is 9.59 Å². The molecule has 2 aliphatic rings. The van der Waals surface area contributed by atoms with Crippen molar-refractivity contribution in [1.29, 1.82) is 0 Å². The summed E-state index contributed by atoms with van der Waals surface area (Å²) in [6.45, 7) is 3.98. The Hall–Kier alpha value is -1.58. The number of anilines is 1. The normalized spacial score (nSPS) is 18.7. The molecule has 0 N–H and O–H groups in total. The van der Waals surface area contributed by atoms with Crippen LogP contribution < -0.4 is 4.90 Å². The van der Waals surface area contributed by atoms with Gasteiger partial charge in [-0.1, -0.05) is 37.0 Å². The van der Waals surface area contributed by atoms with Crippen molar-refractivity contribution < 1.29 is 9.59 Å². The first-order valence-electron chi connectivity index (χ1n) is 8.17. The molecule has 1 aliphatic carbocycles. The zero-order valence-electron chi connectivity index (χ0n) is 13.7. The second-order valence-corrected chi connectivity index (χ2v) is 7.34. The summed E-state index contributed by atoms with van der Waals surface area (Å²) in [4.78, 5) is 26.6. The van der Waals surface area contributed by atoms with Crippen molar-refractivity contribution in [1.82, 2.24) is 0 Å². The molecule has 3 rings (SSSR count). The summed E-state index contributed by atoms with van der Waals surface area (Å²) in [7, 11) is 0. The van der Waals surface area contributed by atoms with Gasteiger partial charge in [-0.15, -0.1) is 0 Å². The Bertz CT molecular complexity index is 750. The van der Waals surface area contributed by atoms with E-state index in [1.807, 2.05) is 13.8 Å². The van der Waals surface area contributed by atoms with E-state index in [9.17, 15) is 9.59 Å². The van der Waals surface area contributed by atoms with Crippen molar-refractivity contribution in [2.24, 2.45) is 5.92 Å². The Labute approximate surface area is 151 Å². The lowest BCUT2D eigenvalue weighted by atomic mass is 9.93. The van der Waals surface area contributed by atoms with Crippen molar-refractivity contribution in [3.8, 4) is 0 Å². The Kier molecular flexibility index (Phi) is 4.84. The van der Waals surface area contributed by atoms with E-state index in [0.29, 0.717) is 45.3 Å². The molecule has 3 nitrogen and oxygen atoms in total. The quantitative estimate of drug-likeness (QED) is 0.681. The molecule has 0 radical (unpaired) electrons. The maximum atomic E-state index is 12.7. The highest BCUT2D eigenvalue weighted by Gasteiger charge is 2.39. The van der Waals surface area contributed by atoms with Crippen LogP contribution in [0.25, 0.3) is 6.08 Å². The first kappa shape index (κ1) is 17.2. The molecule has 0 saturated heterocycles. The summed E-state index contributed by atoms with van der Waals surface area (Å²) < 4.78 is 0. The standard InChI is InChI=1S/C19H19Cl2NO2/c1-11(2)17(21)10-12-9-13(7-8-16(12)20)22-18(23)14-5-3-4-6-15(14)19(22)24/h7-11H,3-6H2,1-2H3/b17-10-. The van der Waals surface area contributed by atoms with Gasteiger partial charge in [-0.25, -0.2) is 4.90 Å². The zero-order valence-corrected chi connectivity index (χ0v) is 15.2. The molecule has 0 fully saturated rings. The summed E-state index contributed by atoms with van der Waals surface area (Å²) >= 11 is 12.5. The number of hydrogen-bond donors (Lipinski definition) is 0. The number of allylic oxidation sites excluding steroid dienone is 1. The van der Waals surface area contributed by atoms with Gasteiger partial charge < -0.3 is 0 Å². The van der Waals surface area contributed by atoms with Crippen LogP contribution in [0.4, 0.5) is 5.69 Å². The lowest BCUT2D eigenvalue weighted by Gasteiger charge is -2.16. The molecule has 1 aromatic rings. The monoisotopic (exact) mass is 363 g/mol. The van der Waals surface area contributed by atoms with E-state index in [-0.39, 0.29) is 17.7 Å². The number of halogens is 2. The molecule has 2 amide bonds. The molecule has 0 saturated carbocycles. The first-order valence-corrected chi connectivity index (χ1v) is 8.93. The van der Waals surface area contributed by atoms with Crippen LogP contribution in [0.5, 0.6) is 0 Å². The Morgan fingerprint density at radius 1 is 1.12 bits per heavy atom. The maximum Gasteiger partial charge on any atom is 0.261 e. The van der Waals surface area contributed by atoms with Gasteiger partial charge in [0.15, 0.2) is 0 Å². The minimum Gasteiger partial charge on any atom is -0.269 e. The number of imide groups is 1. The second-order valence-electron chi connectivity index (χ2n) is 6.50. The van der Waals surface area contributed by atoms with E-state index in [2.05, 4.69) is 0 Å². The van der Waals surface area contributed by atoms with Gasteiger partial charge in [0, 0.05) is 21.2 Å². The molecule has 5 heteroatoms. The predicted molar refractivity (Wildman–Crippen MR) is 98.1 cm³/mol. The van der Waals surface area contributed by atoms with Crippen LogP contribution in [0.3, 0.4) is 0 Å². The van der Waals surface area contributed by atoms with Gasteiger partial charge in [0.2, 0.25) is 0 Å². The van der Waals surface area contributed by atoms with E-state index < -0.39 is 0 Å². The number of benzene rings is 1. The van der Waals surface area contributed by atoms with Crippen molar-refractivity contribution in [2.45, 2.75) is 39.5 Å². The molecular formula is C19H19Cl2NO2. The third kappa shape index (κ3) is 3.03. The fourth-order valence-electron chi connectivity index (χ4n) is 3.07. The fourth-order valence-corrected chi connectivity index (χ4v) is 3.36. The topological polar surface area (TPSA) is 37.4 Å². The maximum absolute atomic E-state index is 12.7. The summed E-state index contributed by atoms with van der Waals surface area (Å²) in [5.41, 5.74) is 2.61. The number of carbonyl (C=O) groups excluding carboxylic acids is 2. The molecule has 24 heavy (non-hydrogen) atoms. The van der Waals surface area contributed by atoms with Gasteiger partial charge >= 0.3 is 0 Å². The molecule has 126 valence electrons. The Morgan fingerprint density at radius 2 is 1.71 bits per heavy atom. The average molecular weight is 364 g/mol. The largest absolute Gasteiger partial charge is 0.269 e. The Morgan fingerprint density at radius 3 is 2.25 bits per heavy atom. The van der Waals surface area contributed by atoms with Gasteiger partial charge in [-0.3, -0.25) is 9.59 Å². The molecule has 1 aromatic carbocycles. The highest BCUT2D eigenvalue weighted by atomic mass is 35.5. The molecule has 0 bridgehead atoms. The zero-order chi connectivity index (χ0) is 17.4. The third-order valence-corrected chi connectivity index (χ3v) is 5.36. The highest BCUT2D eigenvalue weighted by molar-refractivity contribution is 6.35. The van der Waals surface area contributed by atoms with Gasteiger partial charge in [0.05, 0.1) is 5.69 Å². The number of amides is 2. The van der Waals surface area contributed by atoms with Crippen molar-refractivity contribution in [3.63, 3.8) is 0 Å². The molecule has 0 aromatic heterocycles. The Balaban J connectivity index is 1.98. The minimum atomic E-state index is -0.193. The lowest BCUT2D eigenvalue weighted by molar-refractivity contribution is -0.120. The van der Waals surface area contributed by atoms with E-state index in [1.165, 1.54) is 4.90 Å². The van der Waals surface area contributed by atoms with Crippen LogP contribution in [0.2, 0.25) is 5.02 Å². The third-order valence-electron chi connectivity index (χ3n) is 4.47. The predicted octanol–water partition coefficient (Wildman–Crippen LogP) is 5.32. The summed E-state index contributed by atoms with van der Waals surface area (Å²) in [6, 6.07) is 5.16. The number of rotatable bonds is 3. The lowest BCUT2D eigenvalue weighted by Crippen LogP contribution is -2.31. The van der Waals surface area contributed by atoms with E-state index in [4.69, 9.17) is 23.2 Å². The number of carbonyl (C=O) groups is 2. The molecule has 0 unspecified atom stereocenters. The van der Waals surface area contributed by atoms with E-state index >= 15 is 0 Å². The van der Waals surface area contributed by atoms with E-state index in [1.54, 1.807) is 24.3 Å². The summed E-state index contributed by atoms with van der Waals surface area (Å²) in [5, 5.41) is 1.21. The molecule has 1 heterocycles. The molecular weight excluding hydrogens is 345 g/mol. The fraction of sp³-hybridized carbons (Fsp3) is 0.368. The summed E-state index contributed by atoms with van der Waals surface area (Å²) in [5.74, 6) is -0.209. The minimum absolute atomic E-state index is 0.176. The molecule has 0 atom stereocenters. The second kappa shape index (κ2) is 6.73. The van der Waals surface area contributed by atoms with Crippen molar-refractivity contribution >= 4 is 46.8 Å². The van der Waals surface area contributed by atoms with Gasteiger partial charge in [0.1, 0.15) is 0 Å². The molecule has 0 spiro atoms. The van der Waals surface area contributed by atoms with E-state index in [0.717, 1.165) is 12.8 Å².